The molecule has 0 aliphatic carbocycles. The summed E-state index contributed by atoms with van der Waals surface area (Å²) in [7, 11) is 0. The monoisotopic (exact) mass is 460 g/mol. The number of carbonyl (C=O) groups excluding carboxylic acids is 4. The number of rotatable bonds is 5. The molecular formula is C24H32N2O7. The van der Waals surface area contributed by atoms with Gasteiger partial charge in [-0.15, -0.1) is 0 Å². The van der Waals surface area contributed by atoms with Crippen LogP contribution < -0.4 is 4.90 Å². The Morgan fingerprint density at radius 1 is 1.09 bits per heavy atom. The maximum atomic E-state index is 13.3. The number of morpholine rings is 1. The number of piperidine rings is 1. The largest absolute Gasteiger partial charge is 0.457 e. The number of hydrogen-bond donors (Lipinski definition) is 0. The number of nitrogens with zero attached hydrogens (tertiary/aromatic N) is 2. The van der Waals surface area contributed by atoms with E-state index in [0.717, 1.165) is 39.3 Å². The highest BCUT2D eigenvalue weighted by Crippen LogP contribution is 2.25. The number of ether oxygens (including phenoxy) is 3. The Morgan fingerprint density at radius 3 is 2.42 bits per heavy atom. The van der Waals surface area contributed by atoms with Crippen LogP contribution in [-0.4, -0.2) is 72.7 Å². The molecule has 2 saturated heterocycles. The van der Waals surface area contributed by atoms with Gasteiger partial charge in [-0.05, 0) is 58.2 Å². The molecule has 9 heteroatoms. The van der Waals surface area contributed by atoms with Crippen LogP contribution in [0.25, 0.3) is 0 Å². The lowest BCUT2D eigenvalue weighted by Crippen LogP contribution is -2.56. The molecule has 2 aliphatic rings. The third-order valence-electron chi connectivity index (χ3n) is 5.38. The van der Waals surface area contributed by atoms with Crippen LogP contribution in [0.1, 0.15) is 57.3 Å². The smallest absolute Gasteiger partial charge is 0.351 e. The Balaban J connectivity index is 1.82. The summed E-state index contributed by atoms with van der Waals surface area (Å²) >= 11 is 0. The number of anilines is 1. The van der Waals surface area contributed by atoms with Crippen molar-refractivity contribution in [2.24, 2.45) is 0 Å². The summed E-state index contributed by atoms with van der Waals surface area (Å²) in [6.07, 6.45) is 0.206. The van der Waals surface area contributed by atoms with E-state index in [0.29, 0.717) is 11.3 Å². The molecule has 33 heavy (non-hydrogen) atoms. The zero-order chi connectivity index (χ0) is 24.2. The second-order valence-corrected chi connectivity index (χ2v) is 9.25. The summed E-state index contributed by atoms with van der Waals surface area (Å²) in [6, 6.07) is 6.85. The Kier molecular flexibility index (Phi) is 7.73. The van der Waals surface area contributed by atoms with E-state index in [2.05, 4.69) is 0 Å². The second kappa shape index (κ2) is 10.3. The van der Waals surface area contributed by atoms with E-state index in [-0.39, 0.29) is 19.1 Å². The summed E-state index contributed by atoms with van der Waals surface area (Å²) in [5, 5.41) is 0. The van der Waals surface area contributed by atoms with Crippen LogP contribution in [0.5, 0.6) is 0 Å². The molecule has 0 N–H and O–H groups in total. The van der Waals surface area contributed by atoms with Crippen molar-refractivity contribution in [3.63, 3.8) is 0 Å². The molecule has 2 aliphatic heterocycles. The predicted molar refractivity (Wildman–Crippen MR) is 120 cm³/mol. The SMILES string of the molecule is CC(=O)OC(C(=O)OC(C)(C)C)C1OCCN(c2cccc(C(=O)N3CCCCC3)c2)C1=O. The molecule has 180 valence electrons. The average Bonchev–Trinajstić information content (AvgIpc) is 2.77. The van der Waals surface area contributed by atoms with Gasteiger partial charge in [0.15, 0.2) is 6.10 Å². The minimum atomic E-state index is -1.53. The van der Waals surface area contributed by atoms with E-state index in [1.54, 1.807) is 45.0 Å². The molecule has 0 spiro atoms. The van der Waals surface area contributed by atoms with Gasteiger partial charge in [0.1, 0.15) is 5.60 Å². The fourth-order valence-electron chi connectivity index (χ4n) is 3.94. The lowest BCUT2D eigenvalue weighted by Gasteiger charge is -2.36. The summed E-state index contributed by atoms with van der Waals surface area (Å²) in [4.78, 5) is 53.8. The third kappa shape index (κ3) is 6.31. The van der Waals surface area contributed by atoms with Crippen molar-refractivity contribution in [3.05, 3.63) is 29.8 Å². The van der Waals surface area contributed by atoms with Crippen LogP contribution >= 0.6 is 0 Å². The quantitative estimate of drug-likeness (QED) is 0.622. The third-order valence-corrected chi connectivity index (χ3v) is 5.38. The van der Waals surface area contributed by atoms with Gasteiger partial charge in [-0.2, -0.15) is 0 Å². The first kappa shape index (κ1) is 24.7. The Hall–Kier alpha value is -2.94. The molecule has 2 amide bonds. The van der Waals surface area contributed by atoms with Gasteiger partial charge >= 0.3 is 11.9 Å². The second-order valence-electron chi connectivity index (χ2n) is 9.25. The summed E-state index contributed by atoms with van der Waals surface area (Å²) < 4.78 is 16.1. The number of hydrogen-bond acceptors (Lipinski definition) is 7. The van der Waals surface area contributed by atoms with Gasteiger partial charge in [0.05, 0.1) is 6.61 Å². The van der Waals surface area contributed by atoms with Crippen molar-refractivity contribution in [2.75, 3.05) is 31.1 Å². The highest BCUT2D eigenvalue weighted by Gasteiger charge is 2.44. The molecule has 2 fully saturated rings. The van der Waals surface area contributed by atoms with Crippen molar-refractivity contribution < 1.29 is 33.4 Å². The van der Waals surface area contributed by atoms with Crippen molar-refractivity contribution in [1.29, 1.82) is 0 Å². The van der Waals surface area contributed by atoms with Gasteiger partial charge in [-0.1, -0.05) is 6.07 Å². The molecule has 0 radical (unpaired) electrons. The average molecular weight is 461 g/mol. The number of benzene rings is 1. The fraction of sp³-hybridized carbons (Fsp3) is 0.583. The molecule has 1 aromatic carbocycles. The molecule has 3 rings (SSSR count). The fourth-order valence-corrected chi connectivity index (χ4v) is 3.94. The van der Waals surface area contributed by atoms with Gasteiger partial charge in [-0.25, -0.2) is 4.79 Å². The highest BCUT2D eigenvalue weighted by atomic mass is 16.6. The first-order chi connectivity index (χ1) is 15.6. The maximum absolute atomic E-state index is 13.3. The number of esters is 2. The normalized spacial score (nSPS) is 20.2. The van der Waals surface area contributed by atoms with Crippen molar-refractivity contribution in [1.82, 2.24) is 4.90 Å². The summed E-state index contributed by atoms with van der Waals surface area (Å²) in [6.45, 7) is 7.99. The zero-order valence-corrected chi connectivity index (χ0v) is 19.7. The van der Waals surface area contributed by atoms with Crippen molar-refractivity contribution in [3.8, 4) is 0 Å². The van der Waals surface area contributed by atoms with Crippen LogP contribution in [0, 0.1) is 0 Å². The van der Waals surface area contributed by atoms with Crippen LogP contribution in [0.2, 0.25) is 0 Å². The number of likely N-dealkylation sites (tertiary alicyclic amines) is 1. The van der Waals surface area contributed by atoms with Gasteiger partial charge < -0.3 is 24.0 Å². The predicted octanol–water partition coefficient (Wildman–Crippen LogP) is 2.32. The van der Waals surface area contributed by atoms with Gasteiger partial charge in [0, 0.05) is 37.8 Å². The van der Waals surface area contributed by atoms with Gasteiger partial charge in [0.2, 0.25) is 6.10 Å². The molecule has 2 unspecified atom stereocenters. The van der Waals surface area contributed by atoms with E-state index in [1.165, 1.54) is 4.90 Å². The van der Waals surface area contributed by atoms with E-state index < -0.39 is 35.7 Å². The Morgan fingerprint density at radius 2 is 1.79 bits per heavy atom. The van der Waals surface area contributed by atoms with Crippen LogP contribution in [-0.2, 0) is 28.6 Å². The first-order valence-corrected chi connectivity index (χ1v) is 11.3. The zero-order valence-electron chi connectivity index (χ0n) is 19.7. The lowest BCUT2D eigenvalue weighted by molar-refractivity contribution is -0.188. The molecule has 0 bridgehead atoms. The molecular weight excluding hydrogens is 428 g/mol. The van der Waals surface area contributed by atoms with Gasteiger partial charge in [0.25, 0.3) is 11.8 Å². The first-order valence-electron chi connectivity index (χ1n) is 11.3. The van der Waals surface area contributed by atoms with E-state index >= 15 is 0 Å². The minimum absolute atomic E-state index is 0.0691. The minimum Gasteiger partial charge on any atom is -0.457 e. The topological polar surface area (TPSA) is 102 Å². The number of amides is 2. The Bertz CT molecular complexity index is 902. The standard InChI is InChI=1S/C24H32N2O7/c1-16(27)32-20(23(30)33-24(2,3)4)19-22(29)26(13-14-31-19)18-10-8-9-17(15-18)21(28)25-11-6-5-7-12-25/h8-10,15,19-20H,5-7,11-14H2,1-4H3. The molecule has 1 aromatic rings. The van der Waals surface area contributed by atoms with E-state index in [9.17, 15) is 19.2 Å². The van der Waals surface area contributed by atoms with Crippen LogP contribution in [0.15, 0.2) is 24.3 Å². The van der Waals surface area contributed by atoms with Crippen molar-refractivity contribution >= 4 is 29.4 Å². The van der Waals surface area contributed by atoms with E-state index in [1.807, 2.05) is 4.90 Å². The van der Waals surface area contributed by atoms with Crippen LogP contribution in [0.3, 0.4) is 0 Å². The molecule has 9 nitrogen and oxygen atoms in total. The Labute approximate surface area is 193 Å². The molecule has 2 heterocycles. The van der Waals surface area contributed by atoms with Gasteiger partial charge in [-0.3, -0.25) is 14.4 Å². The lowest BCUT2D eigenvalue weighted by atomic mass is 10.1. The molecule has 0 aromatic heterocycles. The van der Waals surface area contributed by atoms with Crippen LogP contribution in [0.4, 0.5) is 5.69 Å². The van der Waals surface area contributed by atoms with E-state index in [4.69, 9.17) is 14.2 Å². The molecule has 2 atom stereocenters. The maximum Gasteiger partial charge on any atom is 0.351 e. The number of carbonyl (C=O) groups is 4. The summed E-state index contributed by atoms with van der Waals surface area (Å²) in [5.41, 5.74) is 0.173. The highest BCUT2D eigenvalue weighted by molar-refractivity contribution is 6.02. The molecule has 0 saturated carbocycles. The summed E-state index contributed by atoms with van der Waals surface area (Å²) in [5.74, 6) is -2.19. The van der Waals surface area contributed by atoms with Crippen molar-refractivity contribution in [2.45, 2.75) is 64.8 Å².